The van der Waals surface area contributed by atoms with Crippen molar-refractivity contribution in [3.8, 4) is 11.8 Å². The molecule has 0 amide bonds. The van der Waals surface area contributed by atoms with E-state index in [1.54, 1.807) is 18.0 Å². The average Bonchev–Trinajstić information content (AvgIpc) is 2.79. The van der Waals surface area contributed by atoms with E-state index in [0.29, 0.717) is 5.56 Å². The van der Waals surface area contributed by atoms with Crippen LogP contribution in [0.1, 0.15) is 43.6 Å². The number of benzene rings is 1. The molecule has 0 atom stereocenters. The molecule has 2 aromatic rings. The van der Waals surface area contributed by atoms with Crippen molar-refractivity contribution in [2.75, 3.05) is 36.1 Å². The molecular weight excluding hydrogens is 427 g/mol. The van der Waals surface area contributed by atoms with Gasteiger partial charge in [-0.3, -0.25) is 0 Å². The second kappa shape index (κ2) is 9.92. The molecule has 1 aromatic heterocycles. The number of rotatable bonds is 6. The van der Waals surface area contributed by atoms with Crippen molar-refractivity contribution in [1.82, 2.24) is 14.3 Å². The number of aromatic nitrogens is 2. The van der Waals surface area contributed by atoms with Crippen LogP contribution in [0.25, 0.3) is 0 Å². The molecule has 9 heteroatoms. The Morgan fingerprint density at radius 1 is 1.22 bits per heavy atom. The topological polar surface area (TPSA) is 77.3 Å². The molecule has 0 aliphatic carbocycles. The summed E-state index contributed by atoms with van der Waals surface area (Å²) in [5.74, 6) is 1.45. The average molecular weight is 457 g/mol. The number of halogens is 1. The molecule has 1 aromatic carbocycles. The molecule has 3 heterocycles. The largest absolute Gasteiger partial charge is 0.487 e. The molecule has 0 unspecified atom stereocenters. The summed E-state index contributed by atoms with van der Waals surface area (Å²) in [6.07, 6.45) is 4.44. The van der Waals surface area contributed by atoms with Gasteiger partial charge in [0.1, 0.15) is 6.10 Å². The van der Waals surface area contributed by atoms with Gasteiger partial charge in [0.25, 0.3) is 0 Å². The SMILES string of the molecule is CSN1CCc2nc(NC(C)C)c(N3CCC(Oc4ccc(C#N)cc4F)CC3)nc2C1. The summed E-state index contributed by atoms with van der Waals surface area (Å²) < 4.78 is 22.4. The zero-order valence-electron chi connectivity index (χ0n) is 18.8. The van der Waals surface area contributed by atoms with Crippen LogP contribution in [-0.2, 0) is 13.0 Å². The second-order valence-corrected chi connectivity index (χ2v) is 9.33. The fourth-order valence-electron chi connectivity index (χ4n) is 4.08. The monoisotopic (exact) mass is 456 g/mol. The molecule has 2 aliphatic heterocycles. The van der Waals surface area contributed by atoms with E-state index >= 15 is 0 Å². The van der Waals surface area contributed by atoms with Crippen molar-refractivity contribution in [3.05, 3.63) is 41.0 Å². The molecule has 1 saturated heterocycles. The predicted octanol–water partition coefficient (Wildman–Crippen LogP) is 3.99. The minimum Gasteiger partial charge on any atom is -0.487 e. The lowest BCUT2D eigenvalue weighted by atomic mass is 10.1. The Labute approximate surface area is 193 Å². The Morgan fingerprint density at radius 3 is 2.66 bits per heavy atom. The smallest absolute Gasteiger partial charge is 0.172 e. The molecule has 0 bridgehead atoms. The third-order valence-corrected chi connectivity index (χ3v) is 6.56. The highest BCUT2D eigenvalue weighted by Crippen LogP contribution is 2.31. The molecule has 1 N–H and O–H groups in total. The number of nitriles is 1. The molecule has 1 fully saturated rings. The first-order chi connectivity index (χ1) is 15.5. The summed E-state index contributed by atoms with van der Waals surface area (Å²) in [6.45, 7) is 7.51. The molecule has 7 nitrogen and oxygen atoms in total. The molecule has 4 rings (SSSR count). The van der Waals surface area contributed by atoms with Crippen LogP contribution >= 0.6 is 11.9 Å². The first-order valence-corrected chi connectivity index (χ1v) is 12.2. The van der Waals surface area contributed by atoms with E-state index in [9.17, 15) is 4.39 Å². The van der Waals surface area contributed by atoms with E-state index in [1.807, 2.05) is 6.07 Å². The number of hydrogen-bond acceptors (Lipinski definition) is 8. The second-order valence-electron chi connectivity index (χ2n) is 8.45. The molecule has 0 spiro atoms. The zero-order valence-corrected chi connectivity index (χ0v) is 19.6. The minimum atomic E-state index is -0.492. The third-order valence-electron chi connectivity index (χ3n) is 5.74. The summed E-state index contributed by atoms with van der Waals surface area (Å²) in [5, 5.41) is 12.4. The van der Waals surface area contributed by atoms with Crippen LogP contribution in [0.5, 0.6) is 5.75 Å². The lowest BCUT2D eigenvalue weighted by Gasteiger charge is -2.35. The highest BCUT2D eigenvalue weighted by Gasteiger charge is 2.27. The van der Waals surface area contributed by atoms with Gasteiger partial charge in [-0.15, -0.1) is 0 Å². The van der Waals surface area contributed by atoms with E-state index in [4.69, 9.17) is 20.0 Å². The molecule has 170 valence electrons. The van der Waals surface area contributed by atoms with E-state index in [2.05, 4.69) is 34.6 Å². The molecule has 32 heavy (non-hydrogen) atoms. The van der Waals surface area contributed by atoms with Gasteiger partial charge in [0.15, 0.2) is 23.2 Å². The summed E-state index contributed by atoms with van der Waals surface area (Å²) in [6, 6.07) is 6.54. The van der Waals surface area contributed by atoms with Crippen molar-refractivity contribution in [2.45, 2.75) is 51.8 Å². The summed E-state index contributed by atoms with van der Waals surface area (Å²) in [7, 11) is 0. The Kier molecular flexibility index (Phi) is 7.01. The van der Waals surface area contributed by atoms with E-state index in [0.717, 1.165) is 68.5 Å². The fraction of sp³-hybridized carbons (Fsp3) is 0.522. The zero-order chi connectivity index (χ0) is 22.7. The molecule has 0 radical (unpaired) electrons. The summed E-state index contributed by atoms with van der Waals surface area (Å²) in [5.41, 5.74) is 2.42. The van der Waals surface area contributed by atoms with Crippen LogP contribution in [0.2, 0.25) is 0 Å². The maximum atomic E-state index is 14.2. The van der Waals surface area contributed by atoms with Crippen molar-refractivity contribution in [2.24, 2.45) is 0 Å². The van der Waals surface area contributed by atoms with Gasteiger partial charge in [0, 0.05) is 44.9 Å². The lowest BCUT2D eigenvalue weighted by Crippen LogP contribution is -2.40. The lowest BCUT2D eigenvalue weighted by molar-refractivity contribution is 0.163. The third kappa shape index (κ3) is 5.08. The van der Waals surface area contributed by atoms with Crippen LogP contribution < -0.4 is 15.0 Å². The van der Waals surface area contributed by atoms with Crippen LogP contribution in [0.4, 0.5) is 16.0 Å². The van der Waals surface area contributed by atoms with E-state index in [-0.39, 0.29) is 17.9 Å². The quantitative estimate of drug-likeness (QED) is 0.654. The van der Waals surface area contributed by atoms with Crippen LogP contribution in [0.15, 0.2) is 18.2 Å². The normalized spacial score (nSPS) is 17.2. The first kappa shape index (κ1) is 22.6. The molecule has 0 saturated carbocycles. The van der Waals surface area contributed by atoms with Gasteiger partial charge in [-0.05, 0) is 38.3 Å². The van der Waals surface area contributed by atoms with Gasteiger partial charge in [-0.2, -0.15) is 5.26 Å². The summed E-state index contributed by atoms with van der Waals surface area (Å²) in [4.78, 5) is 12.3. The standard InChI is InChI=1S/C23H29FN6OS/c1-15(2)26-22-23(28-20-14-30(32-3)11-8-19(20)27-22)29-9-6-17(7-10-29)31-21-5-4-16(13-25)12-18(21)24/h4-5,12,15,17H,6-11,14H2,1-3H3,(H,26,27). The summed E-state index contributed by atoms with van der Waals surface area (Å²) >= 11 is 1.74. The van der Waals surface area contributed by atoms with Crippen LogP contribution in [-0.4, -0.2) is 52.3 Å². The van der Waals surface area contributed by atoms with Crippen LogP contribution in [0, 0.1) is 17.1 Å². The highest BCUT2D eigenvalue weighted by atomic mass is 32.2. The van der Waals surface area contributed by atoms with Gasteiger partial charge < -0.3 is 15.0 Å². The maximum Gasteiger partial charge on any atom is 0.172 e. The first-order valence-electron chi connectivity index (χ1n) is 11.0. The molecule has 2 aliphatic rings. The number of fused-ring (bicyclic) bond motifs is 1. The van der Waals surface area contributed by atoms with Gasteiger partial charge in [0.2, 0.25) is 0 Å². The van der Waals surface area contributed by atoms with Gasteiger partial charge >= 0.3 is 0 Å². The highest BCUT2D eigenvalue weighted by molar-refractivity contribution is 7.96. The fourth-order valence-corrected chi connectivity index (χ4v) is 4.60. The minimum absolute atomic E-state index is 0.0761. The van der Waals surface area contributed by atoms with Crippen molar-refractivity contribution in [3.63, 3.8) is 0 Å². The number of piperidine rings is 1. The number of nitrogens with one attached hydrogen (secondary N) is 1. The van der Waals surface area contributed by atoms with Gasteiger partial charge in [0.05, 0.1) is 29.6 Å². The van der Waals surface area contributed by atoms with Crippen molar-refractivity contribution in [1.29, 1.82) is 5.26 Å². The number of anilines is 2. The Balaban J connectivity index is 1.48. The van der Waals surface area contributed by atoms with Gasteiger partial charge in [-0.25, -0.2) is 18.7 Å². The Hall–Kier alpha value is -2.57. The van der Waals surface area contributed by atoms with E-state index < -0.39 is 5.82 Å². The Morgan fingerprint density at radius 2 is 2.00 bits per heavy atom. The number of ether oxygens (including phenoxy) is 1. The number of nitrogens with zero attached hydrogens (tertiary/aromatic N) is 5. The van der Waals surface area contributed by atoms with Crippen molar-refractivity contribution < 1.29 is 9.13 Å². The van der Waals surface area contributed by atoms with Gasteiger partial charge in [-0.1, -0.05) is 11.9 Å². The predicted molar refractivity (Wildman–Crippen MR) is 125 cm³/mol. The number of hydrogen-bond donors (Lipinski definition) is 1. The van der Waals surface area contributed by atoms with E-state index in [1.165, 1.54) is 12.1 Å². The molecular formula is C23H29FN6OS. The van der Waals surface area contributed by atoms with Crippen molar-refractivity contribution >= 4 is 23.6 Å². The maximum absolute atomic E-state index is 14.2. The van der Waals surface area contributed by atoms with Crippen LogP contribution in [0.3, 0.4) is 0 Å². The Bertz CT molecular complexity index is 1000.